The molecule has 6 nitrogen and oxygen atoms in total. The van der Waals surface area contributed by atoms with E-state index in [-0.39, 0.29) is 17.1 Å². The van der Waals surface area contributed by atoms with Crippen molar-refractivity contribution in [3.8, 4) is 11.5 Å². The molecule has 130 valence electrons. The van der Waals surface area contributed by atoms with Gasteiger partial charge in [-0.25, -0.2) is 5.84 Å². The Hall–Kier alpha value is -2.41. The molecule has 0 fully saturated rings. The van der Waals surface area contributed by atoms with Gasteiger partial charge in [0.15, 0.2) is 6.29 Å². The molecule has 0 heterocycles. The third-order valence-electron chi connectivity index (χ3n) is 3.47. The largest absolute Gasteiger partial charge is 0.457 e. The summed E-state index contributed by atoms with van der Waals surface area (Å²) >= 11 is 12.1. The molecule has 0 amide bonds. The van der Waals surface area contributed by atoms with E-state index in [2.05, 4.69) is 11.8 Å². The highest BCUT2D eigenvalue weighted by molar-refractivity contribution is 6.32. The normalized spacial score (nSPS) is 12.8. The van der Waals surface area contributed by atoms with Crippen LogP contribution in [-0.2, 0) is 10.3 Å². The second-order valence-corrected chi connectivity index (χ2v) is 6.03. The number of ether oxygens (including phenoxy) is 1. The van der Waals surface area contributed by atoms with Crippen LogP contribution in [0.25, 0.3) is 0 Å². The first-order valence-corrected chi connectivity index (χ1v) is 7.88. The van der Waals surface area contributed by atoms with E-state index in [9.17, 15) is 9.70 Å². The van der Waals surface area contributed by atoms with Gasteiger partial charge in [0.1, 0.15) is 11.5 Å². The number of carbonyl (C=O) groups excluding carboxylic acids is 1. The van der Waals surface area contributed by atoms with Crippen molar-refractivity contribution in [1.29, 1.82) is 0 Å². The van der Waals surface area contributed by atoms with Gasteiger partial charge in [0.25, 0.3) is 0 Å². The fourth-order valence-electron chi connectivity index (χ4n) is 2.18. The van der Waals surface area contributed by atoms with Crippen molar-refractivity contribution >= 4 is 29.5 Å². The number of nitrogens with zero attached hydrogens (tertiary/aromatic N) is 2. The van der Waals surface area contributed by atoms with Crippen LogP contribution in [0.5, 0.6) is 11.5 Å². The quantitative estimate of drug-likeness (QED) is 0.320. The van der Waals surface area contributed by atoms with Crippen molar-refractivity contribution in [3.63, 3.8) is 0 Å². The lowest BCUT2D eigenvalue weighted by Crippen LogP contribution is -2.41. The molecule has 0 aliphatic rings. The minimum absolute atomic E-state index is 0.149. The number of nitrogens with two attached hydrogens (primary N) is 1. The average Bonchev–Trinajstić information content (AvgIpc) is 2.62. The molecule has 0 aliphatic heterocycles. The van der Waals surface area contributed by atoms with Gasteiger partial charge in [-0.3, -0.25) is 0 Å². The van der Waals surface area contributed by atoms with Gasteiger partial charge >= 0.3 is 0 Å². The van der Waals surface area contributed by atoms with Crippen LogP contribution < -0.4 is 10.6 Å². The second-order valence-electron chi connectivity index (χ2n) is 5.19. The molecule has 8 heteroatoms. The van der Waals surface area contributed by atoms with Crippen LogP contribution in [0, 0.1) is 4.91 Å². The van der Waals surface area contributed by atoms with E-state index in [0.29, 0.717) is 22.8 Å². The number of rotatable bonds is 8. The Bertz CT molecular complexity index is 773. The summed E-state index contributed by atoms with van der Waals surface area (Å²) in [7, 11) is 0. The number of aldehydes is 1. The molecule has 0 radical (unpaired) electrons. The zero-order valence-electron chi connectivity index (χ0n) is 13.1. The summed E-state index contributed by atoms with van der Waals surface area (Å²) in [5, 5.41) is 4.77. The Labute approximate surface area is 154 Å². The summed E-state index contributed by atoms with van der Waals surface area (Å²) in [5.74, 6) is 6.61. The lowest BCUT2D eigenvalue weighted by atomic mass is 9.92. The predicted octanol–water partition coefficient (Wildman–Crippen LogP) is 4.27. The Balaban J connectivity index is 2.33. The van der Waals surface area contributed by atoms with Crippen LogP contribution in [0.4, 0.5) is 0 Å². The third kappa shape index (κ3) is 4.36. The molecule has 0 aromatic heterocycles. The maximum atomic E-state index is 11.6. The molecular weight excluding hydrogens is 365 g/mol. The molecule has 0 spiro atoms. The number of halogens is 2. The maximum absolute atomic E-state index is 11.6. The SMILES string of the molecule is C=CN(N)CC(C=O)(N=O)c1ccc(Oc2ccc(Cl)cc2)cc1Cl. The lowest BCUT2D eigenvalue weighted by Gasteiger charge is -2.26. The van der Waals surface area contributed by atoms with Gasteiger partial charge in [0, 0.05) is 16.8 Å². The van der Waals surface area contributed by atoms with Crippen LogP contribution in [0.3, 0.4) is 0 Å². The van der Waals surface area contributed by atoms with Gasteiger partial charge in [0.2, 0.25) is 5.54 Å². The Morgan fingerprint density at radius 1 is 1.20 bits per heavy atom. The third-order valence-corrected chi connectivity index (χ3v) is 4.04. The standard InChI is InChI=1S/C17H15Cl2N3O3/c1-2-22(20)10-17(11-23,21-24)15-8-7-14(9-16(15)19)25-13-5-3-12(18)4-6-13/h2-9,11H,1,10,20H2. The number of hydrogen-bond donors (Lipinski definition) is 1. The fourth-order valence-corrected chi connectivity index (χ4v) is 2.64. The zero-order valence-corrected chi connectivity index (χ0v) is 14.6. The second kappa shape index (κ2) is 8.11. The van der Waals surface area contributed by atoms with Gasteiger partial charge in [0.05, 0.1) is 11.6 Å². The summed E-state index contributed by atoms with van der Waals surface area (Å²) in [6.07, 6.45) is 1.68. The predicted molar refractivity (Wildman–Crippen MR) is 97.6 cm³/mol. The van der Waals surface area contributed by atoms with Crippen LogP contribution in [0.15, 0.2) is 60.4 Å². The highest BCUT2D eigenvalue weighted by atomic mass is 35.5. The average molecular weight is 380 g/mol. The molecule has 1 atom stereocenters. The van der Waals surface area contributed by atoms with Crippen LogP contribution in [0.2, 0.25) is 10.0 Å². The van der Waals surface area contributed by atoms with Gasteiger partial charge in [-0.15, -0.1) is 4.91 Å². The first kappa shape index (κ1) is 18.9. The summed E-state index contributed by atoms with van der Waals surface area (Å²) in [6.45, 7) is 3.28. The monoisotopic (exact) mass is 379 g/mol. The van der Waals surface area contributed by atoms with Gasteiger partial charge in [-0.05, 0) is 41.6 Å². The van der Waals surface area contributed by atoms with E-state index in [0.717, 1.165) is 5.01 Å². The van der Waals surface area contributed by atoms with Gasteiger partial charge in [-0.1, -0.05) is 35.8 Å². The number of nitroso groups, excluding NO2 is 1. The number of hydrogen-bond acceptors (Lipinski definition) is 6. The van der Waals surface area contributed by atoms with E-state index in [1.165, 1.54) is 18.3 Å². The molecule has 1 unspecified atom stereocenters. The summed E-state index contributed by atoms with van der Waals surface area (Å²) in [6, 6.07) is 11.3. The first-order chi connectivity index (χ1) is 11.9. The first-order valence-electron chi connectivity index (χ1n) is 7.12. The van der Waals surface area contributed by atoms with E-state index >= 15 is 0 Å². The maximum Gasteiger partial charge on any atom is 0.202 e. The molecule has 25 heavy (non-hydrogen) atoms. The minimum atomic E-state index is -1.75. The van der Waals surface area contributed by atoms with E-state index < -0.39 is 5.54 Å². The van der Waals surface area contributed by atoms with Crippen molar-refractivity contribution in [2.45, 2.75) is 5.54 Å². The topological polar surface area (TPSA) is 85.0 Å². The Kier molecular flexibility index (Phi) is 6.14. The molecule has 0 aliphatic carbocycles. The zero-order chi connectivity index (χ0) is 18.4. The lowest BCUT2D eigenvalue weighted by molar-refractivity contribution is -0.113. The van der Waals surface area contributed by atoms with E-state index in [1.54, 1.807) is 30.3 Å². The highest BCUT2D eigenvalue weighted by Gasteiger charge is 2.37. The number of hydrazine groups is 1. The van der Waals surface area contributed by atoms with Crippen LogP contribution in [-0.4, -0.2) is 17.8 Å². The molecule has 2 aromatic carbocycles. The van der Waals surface area contributed by atoms with Gasteiger partial charge < -0.3 is 14.5 Å². The van der Waals surface area contributed by atoms with Crippen molar-refractivity contribution in [2.24, 2.45) is 11.0 Å². The van der Waals surface area contributed by atoms with Crippen molar-refractivity contribution in [3.05, 3.63) is 75.8 Å². The molecule has 2 rings (SSSR count). The smallest absolute Gasteiger partial charge is 0.202 e. The van der Waals surface area contributed by atoms with E-state index in [1.807, 2.05) is 0 Å². The Morgan fingerprint density at radius 2 is 1.84 bits per heavy atom. The molecular formula is C17H15Cl2N3O3. The summed E-state index contributed by atoms with van der Waals surface area (Å²) < 4.78 is 5.66. The number of benzene rings is 2. The molecule has 0 saturated carbocycles. The fraction of sp³-hybridized carbons (Fsp3) is 0.118. The Morgan fingerprint density at radius 3 is 2.36 bits per heavy atom. The van der Waals surface area contributed by atoms with Crippen LogP contribution >= 0.6 is 23.2 Å². The van der Waals surface area contributed by atoms with Crippen molar-refractivity contribution < 1.29 is 9.53 Å². The highest BCUT2D eigenvalue weighted by Crippen LogP contribution is 2.34. The molecule has 2 aromatic rings. The molecule has 0 bridgehead atoms. The molecule has 2 N–H and O–H groups in total. The van der Waals surface area contributed by atoms with Crippen molar-refractivity contribution in [2.75, 3.05) is 6.54 Å². The van der Waals surface area contributed by atoms with Crippen molar-refractivity contribution in [1.82, 2.24) is 5.01 Å². The summed E-state index contributed by atoms with van der Waals surface area (Å²) in [4.78, 5) is 22.9. The number of carbonyl (C=O) groups is 1. The van der Waals surface area contributed by atoms with Gasteiger partial charge in [-0.2, -0.15) is 0 Å². The van der Waals surface area contributed by atoms with E-state index in [4.69, 9.17) is 33.8 Å². The minimum Gasteiger partial charge on any atom is -0.457 e. The molecule has 0 saturated heterocycles. The van der Waals surface area contributed by atoms with Crippen LogP contribution in [0.1, 0.15) is 5.56 Å². The summed E-state index contributed by atoms with van der Waals surface area (Å²) in [5.41, 5.74) is -1.53.